The third kappa shape index (κ3) is 6.86. The number of ether oxygens (including phenoxy) is 3. The van der Waals surface area contributed by atoms with Gasteiger partial charge in [0, 0.05) is 12.3 Å². The van der Waals surface area contributed by atoms with E-state index in [0.717, 1.165) is 12.8 Å². The van der Waals surface area contributed by atoms with Crippen LogP contribution in [0.5, 0.6) is 5.75 Å². The highest BCUT2D eigenvalue weighted by molar-refractivity contribution is 5.99. The molecule has 1 aromatic carbocycles. The van der Waals surface area contributed by atoms with Crippen LogP contribution >= 0.6 is 0 Å². The van der Waals surface area contributed by atoms with E-state index in [1.807, 2.05) is 20.8 Å². The van der Waals surface area contributed by atoms with Crippen molar-refractivity contribution in [1.82, 2.24) is 0 Å². The minimum Gasteiger partial charge on any atom is -0.493 e. The highest BCUT2D eigenvalue weighted by Crippen LogP contribution is 2.27. The molecule has 1 atom stereocenters. The van der Waals surface area contributed by atoms with Crippen LogP contribution in [0, 0.1) is 5.92 Å². The largest absolute Gasteiger partial charge is 0.493 e. The number of carbonyl (C=O) groups is 2. The summed E-state index contributed by atoms with van der Waals surface area (Å²) < 4.78 is 16.3. The van der Waals surface area contributed by atoms with Gasteiger partial charge in [0.05, 0.1) is 13.7 Å². The van der Waals surface area contributed by atoms with E-state index >= 15 is 0 Å². The molecule has 1 rings (SSSR count). The Morgan fingerprint density at radius 3 is 2.48 bits per heavy atom. The smallest absolute Gasteiger partial charge is 0.341 e. The highest BCUT2D eigenvalue weighted by Gasteiger charge is 2.34. The molecule has 0 spiro atoms. The van der Waals surface area contributed by atoms with Crippen LogP contribution in [0.1, 0.15) is 64.2 Å². The molecule has 6 nitrogen and oxygen atoms in total. The van der Waals surface area contributed by atoms with Gasteiger partial charge in [-0.05, 0) is 50.8 Å². The molecule has 0 saturated heterocycles. The number of methoxy groups -OCH3 is 1. The summed E-state index contributed by atoms with van der Waals surface area (Å²) in [5, 5.41) is 2.86. The Balaban J connectivity index is 3.04. The Morgan fingerprint density at radius 1 is 1.22 bits per heavy atom. The van der Waals surface area contributed by atoms with Gasteiger partial charge in [-0.3, -0.25) is 4.79 Å². The summed E-state index contributed by atoms with van der Waals surface area (Å²) in [7, 11) is 1.32. The fourth-order valence-electron chi connectivity index (χ4n) is 2.91. The van der Waals surface area contributed by atoms with Crippen molar-refractivity contribution in [3.8, 4) is 5.75 Å². The van der Waals surface area contributed by atoms with E-state index in [0.29, 0.717) is 37.0 Å². The van der Waals surface area contributed by atoms with E-state index in [1.165, 1.54) is 7.11 Å². The average molecular weight is 379 g/mol. The van der Waals surface area contributed by atoms with E-state index in [-0.39, 0.29) is 11.5 Å². The van der Waals surface area contributed by atoms with Crippen molar-refractivity contribution < 1.29 is 23.8 Å². The molecular formula is C21H33NO5. The zero-order valence-electron chi connectivity index (χ0n) is 17.4. The standard InChI is InChI=1S/C21H33NO5/c1-7-9-12-26-18-11-10-16(13-17(18)19(23)25-6)22-20(24)21(5,27-8-2)14-15(3)4/h10-11,13,15H,7-9,12,14H2,1-6H3,(H,22,24)/t21-/m0/s1. The van der Waals surface area contributed by atoms with Gasteiger partial charge in [-0.2, -0.15) is 0 Å². The zero-order chi connectivity index (χ0) is 20.4. The Bertz CT molecular complexity index is 629. The number of esters is 1. The zero-order valence-corrected chi connectivity index (χ0v) is 17.4. The van der Waals surface area contributed by atoms with Crippen LogP contribution in [0.25, 0.3) is 0 Å². The van der Waals surface area contributed by atoms with Crippen LogP contribution in [-0.2, 0) is 14.3 Å². The second-order valence-electron chi connectivity index (χ2n) is 7.12. The molecule has 0 bridgehead atoms. The van der Waals surface area contributed by atoms with Crippen LogP contribution in [0.15, 0.2) is 18.2 Å². The van der Waals surface area contributed by atoms with E-state index in [9.17, 15) is 9.59 Å². The third-order valence-corrected chi connectivity index (χ3v) is 4.14. The molecule has 0 aliphatic rings. The fourth-order valence-corrected chi connectivity index (χ4v) is 2.91. The summed E-state index contributed by atoms with van der Waals surface area (Å²) in [4.78, 5) is 24.9. The topological polar surface area (TPSA) is 73.9 Å². The number of unbranched alkanes of at least 4 members (excludes halogenated alkanes) is 1. The predicted molar refractivity (Wildman–Crippen MR) is 106 cm³/mol. The van der Waals surface area contributed by atoms with E-state index in [2.05, 4.69) is 12.2 Å². The van der Waals surface area contributed by atoms with E-state index in [1.54, 1.807) is 25.1 Å². The lowest BCUT2D eigenvalue weighted by Gasteiger charge is -2.30. The maximum Gasteiger partial charge on any atom is 0.341 e. The van der Waals surface area contributed by atoms with Crippen molar-refractivity contribution in [3.05, 3.63) is 23.8 Å². The molecule has 0 heterocycles. The van der Waals surface area contributed by atoms with E-state index in [4.69, 9.17) is 14.2 Å². The lowest BCUT2D eigenvalue weighted by atomic mass is 9.93. The number of hydrogen-bond donors (Lipinski definition) is 1. The summed E-state index contributed by atoms with van der Waals surface area (Å²) in [6.07, 6.45) is 2.48. The first-order chi connectivity index (χ1) is 12.8. The van der Waals surface area contributed by atoms with Gasteiger partial charge in [0.15, 0.2) is 0 Å². The van der Waals surface area contributed by atoms with Gasteiger partial charge in [0.25, 0.3) is 5.91 Å². The maximum absolute atomic E-state index is 12.8. The number of nitrogens with one attached hydrogen (secondary N) is 1. The number of amides is 1. The molecule has 0 aliphatic carbocycles. The third-order valence-electron chi connectivity index (χ3n) is 4.14. The van der Waals surface area contributed by atoms with Crippen LogP contribution < -0.4 is 10.1 Å². The Hall–Kier alpha value is -2.08. The molecule has 152 valence electrons. The molecule has 0 aliphatic heterocycles. The van der Waals surface area contributed by atoms with Gasteiger partial charge in [-0.15, -0.1) is 0 Å². The quantitative estimate of drug-likeness (QED) is 0.455. The van der Waals surface area contributed by atoms with Gasteiger partial charge in [0.2, 0.25) is 0 Å². The SMILES string of the molecule is CCCCOc1ccc(NC(=O)[C@](C)(CC(C)C)OCC)cc1C(=O)OC. The molecule has 0 saturated carbocycles. The van der Waals surface area contributed by atoms with Gasteiger partial charge < -0.3 is 19.5 Å². The van der Waals surface area contributed by atoms with Crippen LogP contribution in [0.4, 0.5) is 5.69 Å². The fraction of sp³-hybridized carbons (Fsp3) is 0.619. The van der Waals surface area contributed by atoms with Crippen molar-refractivity contribution in [3.63, 3.8) is 0 Å². The normalized spacial score (nSPS) is 13.1. The number of carbonyl (C=O) groups excluding carboxylic acids is 2. The molecule has 0 unspecified atom stereocenters. The second kappa shape index (κ2) is 10.9. The van der Waals surface area contributed by atoms with Crippen molar-refractivity contribution in [2.24, 2.45) is 5.92 Å². The second-order valence-corrected chi connectivity index (χ2v) is 7.12. The number of anilines is 1. The molecular weight excluding hydrogens is 346 g/mol. The molecule has 1 aromatic rings. The molecule has 6 heteroatoms. The summed E-state index contributed by atoms with van der Waals surface area (Å²) >= 11 is 0. The van der Waals surface area contributed by atoms with E-state index < -0.39 is 11.6 Å². The molecule has 0 aromatic heterocycles. The Labute approximate surface area is 162 Å². The summed E-state index contributed by atoms with van der Waals surface area (Å²) in [5.41, 5.74) is -0.156. The average Bonchev–Trinajstić information content (AvgIpc) is 2.61. The summed E-state index contributed by atoms with van der Waals surface area (Å²) in [5.74, 6) is -0.00353. The predicted octanol–water partition coefficient (Wildman–Crippen LogP) is 4.43. The monoisotopic (exact) mass is 379 g/mol. The summed E-state index contributed by atoms with van der Waals surface area (Å²) in [6, 6.07) is 4.97. The van der Waals surface area contributed by atoms with Gasteiger partial charge in [-0.1, -0.05) is 27.2 Å². The molecule has 0 radical (unpaired) electrons. The number of benzene rings is 1. The lowest BCUT2D eigenvalue weighted by molar-refractivity contribution is -0.140. The lowest BCUT2D eigenvalue weighted by Crippen LogP contribution is -2.44. The molecule has 0 fully saturated rings. The van der Waals surface area contributed by atoms with Gasteiger partial charge in [-0.25, -0.2) is 4.79 Å². The van der Waals surface area contributed by atoms with Crippen molar-refractivity contribution in [2.75, 3.05) is 25.6 Å². The molecule has 27 heavy (non-hydrogen) atoms. The van der Waals surface area contributed by atoms with Crippen LogP contribution in [-0.4, -0.2) is 37.8 Å². The first kappa shape index (κ1) is 23.0. The molecule has 1 amide bonds. The van der Waals surface area contributed by atoms with Crippen LogP contribution in [0.2, 0.25) is 0 Å². The first-order valence-electron chi connectivity index (χ1n) is 9.57. The van der Waals surface area contributed by atoms with Gasteiger partial charge >= 0.3 is 5.97 Å². The highest BCUT2D eigenvalue weighted by atomic mass is 16.5. The van der Waals surface area contributed by atoms with Gasteiger partial charge in [0.1, 0.15) is 16.9 Å². The number of hydrogen-bond acceptors (Lipinski definition) is 5. The van der Waals surface area contributed by atoms with Crippen molar-refractivity contribution in [1.29, 1.82) is 0 Å². The number of rotatable bonds is 11. The van der Waals surface area contributed by atoms with Crippen molar-refractivity contribution >= 4 is 17.6 Å². The minimum absolute atomic E-state index is 0.242. The van der Waals surface area contributed by atoms with Crippen LogP contribution in [0.3, 0.4) is 0 Å². The minimum atomic E-state index is -0.940. The molecule has 1 N–H and O–H groups in total. The first-order valence-corrected chi connectivity index (χ1v) is 9.57. The summed E-state index contributed by atoms with van der Waals surface area (Å²) in [6.45, 7) is 10.8. The van der Waals surface area contributed by atoms with Crippen molar-refractivity contribution in [2.45, 2.75) is 59.5 Å². The Kier molecular flexibility index (Phi) is 9.29. The maximum atomic E-state index is 12.8. The Morgan fingerprint density at radius 2 is 1.93 bits per heavy atom.